The van der Waals surface area contributed by atoms with Crippen molar-refractivity contribution in [2.45, 2.75) is 19.3 Å². The fourth-order valence-corrected chi connectivity index (χ4v) is 3.25. The quantitative estimate of drug-likeness (QED) is 0.880. The maximum absolute atomic E-state index is 12.3. The predicted molar refractivity (Wildman–Crippen MR) is 97.7 cm³/mol. The minimum absolute atomic E-state index is 0.0437. The van der Waals surface area contributed by atoms with Crippen LogP contribution in [0.15, 0.2) is 48.8 Å². The molecule has 132 valence electrons. The minimum Gasteiger partial charge on any atom is -0.497 e. The van der Waals surface area contributed by atoms with Crippen molar-refractivity contribution in [3.05, 3.63) is 59.9 Å². The fraction of sp³-hybridized carbons (Fsp3) is 0.400. The van der Waals surface area contributed by atoms with Crippen LogP contribution in [0, 0.1) is 5.92 Å². The van der Waals surface area contributed by atoms with Crippen molar-refractivity contribution in [2.24, 2.45) is 5.92 Å². The van der Waals surface area contributed by atoms with Crippen LogP contribution >= 0.6 is 0 Å². The Morgan fingerprint density at radius 1 is 1.28 bits per heavy atom. The summed E-state index contributed by atoms with van der Waals surface area (Å²) in [6.45, 7) is 2.30. The molecule has 1 unspecified atom stereocenters. The first-order chi connectivity index (χ1) is 12.2. The molecular formula is C20H25N3O2. The summed E-state index contributed by atoms with van der Waals surface area (Å²) in [6, 6.07) is 12.1. The Bertz CT molecular complexity index is 673. The molecule has 1 saturated heterocycles. The molecule has 1 aromatic carbocycles. The Kier molecular flexibility index (Phi) is 5.88. The van der Waals surface area contributed by atoms with Crippen molar-refractivity contribution in [2.75, 3.05) is 26.7 Å². The predicted octanol–water partition coefficient (Wildman–Crippen LogP) is 2.91. The third-order valence-corrected chi connectivity index (χ3v) is 4.67. The van der Waals surface area contributed by atoms with E-state index < -0.39 is 0 Å². The highest BCUT2D eigenvalue weighted by Crippen LogP contribution is 2.20. The lowest BCUT2D eigenvalue weighted by Gasteiger charge is -2.17. The summed E-state index contributed by atoms with van der Waals surface area (Å²) in [4.78, 5) is 18.4. The molecule has 1 N–H and O–H groups in total. The molecule has 0 radical (unpaired) electrons. The van der Waals surface area contributed by atoms with E-state index in [0.29, 0.717) is 12.5 Å². The van der Waals surface area contributed by atoms with Crippen molar-refractivity contribution >= 4 is 6.03 Å². The van der Waals surface area contributed by atoms with Gasteiger partial charge in [0.15, 0.2) is 0 Å². The molecule has 2 amide bonds. The van der Waals surface area contributed by atoms with E-state index in [1.165, 1.54) is 11.1 Å². The molecule has 0 saturated carbocycles. The zero-order chi connectivity index (χ0) is 17.5. The Balaban J connectivity index is 1.40. The minimum atomic E-state index is 0.0437. The molecule has 0 spiro atoms. The zero-order valence-corrected chi connectivity index (χ0v) is 14.6. The summed E-state index contributed by atoms with van der Waals surface area (Å²) >= 11 is 0. The van der Waals surface area contributed by atoms with Gasteiger partial charge in [0, 0.05) is 32.0 Å². The highest BCUT2D eigenvalue weighted by molar-refractivity contribution is 5.74. The largest absolute Gasteiger partial charge is 0.497 e. The van der Waals surface area contributed by atoms with Crippen molar-refractivity contribution in [1.82, 2.24) is 15.2 Å². The van der Waals surface area contributed by atoms with Crippen molar-refractivity contribution in [1.29, 1.82) is 0 Å². The van der Waals surface area contributed by atoms with Gasteiger partial charge < -0.3 is 15.0 Å². The lowest BCUT2D eigenvalue weighted by molar-refractivity contribution is 0.207. The Labute approximate surface area is 149 Å². The van der Waals surface area contributed by atoms with E-state index in [1.807, 2.05) is 41.4 Å². The van der Waals surface area contributed by atoms with Crippen LogP contribution in [-0.2, 0) is 12.8 Å². The van der Waals surface area contributed by atoms with Gasteiger partial charge in [0.2, 0.25) is 0 Å². The summed E-state index contributed by atoms with van der Waals surface area (Å²) in [5.41, 5.74) is 2.44. The monoisotopic (exact) mass is 339 g/mol. The van der Waals surface area contributed by atoms with Gasteiger partial charge >= 0.3 is 6.03 Å². The van der Waals surface area contributed by atoms with E-state index in [4.69, 9.17) is 4.74 Å². The lowest BCUT2D eigenvalue weighted by atomic mass is 10.0. The molecule has 2 aromatic rings. The number of nitrogens with zero attached hydrogens (tertiary/aromatic N) is 2. The Morgan fingerprint density at radius 2 is 2.12 bits per heavy atom. The summed E-state index contributed by atoms with van der Waals surface area (Å²) < 4.78 is 5.15. The van der Waals surface area contributed by atoms with Crippen LogP contribution in [0.2, 0.25) is 0 Å². The highest BCUT2D eigenvalue weighted by atomic mass is 16.5. The van der Waals surface area contributed by atoms with Gasteiger partial charge in [0.1, 0.15) is 5.75 Å². The average Bonchev–Trinajstić information content (AvgIpc) is 3.12. The van der Waals surface area contributed by atoms with Crippen LogP contribution in [-0.4, -0.2) is 42.7 Å². The van der Waals surface area contributed by atoms with Gasteiger partial charge in [-0.15, -0.1) is 0 Å². The zero-order valence-electron chi connectivity index (χ0n) is 14.6. The molecular weight excluding hydrogens is 314 g/mol. The number of benzene rings is 1. The topological polar surface area (TPSA) is 54.5 Å². The second-order valence-corrected chi connectivity index (χ2v) is 6.50. The average molecular weight is 339 g/mol. The van der Waals surface area contributed by atoms with E-state index in [9.17, 15) is 4.79 Å². The molecule has 3 rings (SSSR count). The van der Waals surface area contributed by atoms with Gasteiger partial charge in [-0.1, -0.05) is 18.2 Å². The number of methoxy groups -OCH3 is 1. The van der Waals surface area contributed by atoms with Crippen LogP contribution in [0.5, 0.6) is 5.75 Å². The molecule has 25 heavy (non-hydrogen) atoms. The van der Waals surface area contributed by atoms with Gasteiger partial charge in [0.25, 0.3) is 0 Å². The fourth-order valence-electron chi connectivity index (χ4n) is 3.25. The number of nitrogens with one attached hydrogen (secondary N) is 1. The maximum atomic E-state index is 12.3. The molecule has 1 atom stereocenters. The third kappa shape index (κ3) is 4.95. The standard InChI is InChI=1S/C20H25N3O2/c1-25-19-6-4-16(5-7-19)8-11-22-20(24)23-12-9-18(15-23)13-17-3-2-10-21-14-17/h2-7,10,14,18H,8-9,11-13,15H2,1H3,(H,22,24). The number of rotatable bonds is 6. The molecule has 0 aliphatic carbocycles. The van der Waals surface area contributed by atoms with E-state index in [0.717, 1.165) is 38.1 Å². The van der Waals surface area contributed by atoms with Gasteiger partial charge in [-0.2, -0.15) is 0 Å². The molecule has 1 fully saturated rings. The van der Waals surface area contributed by atoms with E-state index in [1.54, 1.807) is 13.3 Å². The van der Waals surface area contributed by atoms with Crippen LogP contribution in [0.25, 0.3) is 0 Å². The highest BCUT2D eigenvalue weighted by Gasteiger charge is 2.26. The van der Waals surface area contributed by atoms with Crippen LogP contribution in [0.3, 0.4) is 0 Å². The van der Waals surface area contributed by atoms with Gasteiger partial charge in [0.05, 0.1) is 7.11 Å². The van der Waals surface area contributed by atoms with Gasteiger partial charge in [-0.25, -0.2) is 4.79 Å². The Morgan fingerprint density at radius 3 is 2.84 bits per heavy atom. The number of urea groups is 1. The van der Waals surface area contributed by atoms with Crippen LogP contribution < -0.4 is 10.1 Å². The number of ether oxygens (including phenoxy) is 1. The van der Waals surface area contributed by atoms with Crippen LogP contribution in [0.4, 0.5) is 4.79 Å². The van der Waals surface area contributed by atoms with E-state index in [-0.39, 0.29) is 6.03 Å². The van der Waals surface area contributed by atoms with Crippen molar-refractivity contribution < 1.29 is 9.53 Å². The summed E-state index contributed by atoms with van der Waals surface area (Å²) in [6.07, 6.45) is 6.57. The number of likely N-dealkylation sites (tertiary alicyclic amines) is 1. The molecule has 0 bridgehead atoms. The smallest absolute Gasteiger partial charge is 0.317 e. The summed E-state index contributed by atoms with van der Waals surface area (Å²) in [5, 5.41) is 3.03. The first-order valence-electron chi connectivity index (χ1n) is 8.79. The van der Waals surface area contributed by atoms with Gasteiger partial charge in [-0.3, -0.25) is 4.98 Å². The molecule has 5 nitrogen and oxygen atoms in total. The number of pyridine rings is 1. The van der Waals surface area contributed by atoms with Crippen molar-refractivity contribution in [3.8, 4) is 5.75 Å². The molecule has 2 heterocycles. The Hall–Kier alpha value is -2.56. The summed E-state index contributed by atoms with van der Waals surface area (Å²) in [5.74, 6) is 1.38. The van der Waals surface area contributed by atoms with Crippen molar-refractivity contribution in [3.63, 3.8) is 0 Å². The number of amides is 2. The normalized spacial score (nSPS) is 16.7. The first-order valence-corrected chi connectivity index (χ1v) is 8.79. The number of hydrogen-bond acceptors (Lipinski definition) is 3. The lowest BCUT2D eigenvalue weighted by Crippen LogP contribution is -2.39. The molecule has 5 heteroatoms. The second kappa shape index (κ2) is 8.51. The van der Waals surface area contributed by atoms with E-state index in [2.05, 4.69) is 16.4 Å². The number of aromatic nitrogens is 1. The molecule has 1 aromatic heterocycles. The SMILES string of the molecule is COc1ccc(CCNC(=O)N2CCC(Cc3cccnc3)C2)cc1. The number of hydrogen-bond donors (Lipinski definition) is 1. The maximum Gasteiger partial charge on any atom is 0.317 e. The number of carbonyl (C=O) groups is 1. The summed E-state index contributed by atoms with van der Waals surface area (Å²) in [7, 11) is 1.66. The first kappa shape index (κ1) is 17.3. The van der Waals surface area contributed by atoms with Gasteiger partial charge in [-0.05, 0) is 54.5 Å². The van der Waals surface area contributed by atoms with Crippen LogP contribution in [0.1, 0.15) is 17.5 Å². The third-order valence-electron chi connectivity index (χ3n) is 4.67. The van der Waals surface area contributed by atoms with E-state index >= 15 is 0 Å². The molecule has 1 aliphatic rings. The number of carbonyl (C=O) groups excluding carboxylic acids is 1. The second-order valence-electron chi connectivity index (χ2n) is 6.50. The molecule has 1 aliphatic heterocycles.